The van der Waals surface area contributed by atoms with E-state index >= 15 is 0 Å². The molecule has 0 aliphatic carbocycles. The molecule has 20 heavy (non-hydrogen) atoms. The number of nitrogens with one attached hydrogen (secondary N) is 1. The fraction of sp³-hybridized carbons (Fsp3) is 0.235. The second-order valence-corrected chi connectivity index (χ2v) is 5.42. The van der Waals surface area contributed by atoms with E-state index < -0.39 is 5.41 Å². The smallest absolute Gasteiger partial charge is 0.235 e. The second-order valence-electron chi connectivity index (χ2n) is 5.42. The molecule has 0 saturated carbocycles. The lowest BCUT2D eigenvalue weighted by atomic mass is 9.87. The van der Waals surface area contributed by atoms with Gasteiger partial charge in [-0.2, -0.15) is 0 Å². The molecule has 0 aromatic heterocycles. The lowest BCUT2D eigenvalue weighted by Gasteiger charge is -2.36. The zero-order chi connectivity index (χ0) is 14.0. The molecule has 0 spiro atoms. The Kier molecular flexibility index (Phi) is 3.28. The quantitative estimate of drug-likeness (QED) is 0.926. The predicted octanol–water partition coefficient (Wildman–Crippen LogP) is 3.33. The van der Waals surface area contributed by atoms with Gasteiger partial charge in [-0.25, -0.2) is 0 Å². The Morgan fingerprint density at radius 1 is 1.05 bits per heavy atom. The highest BCUT2D eigenvalue weighted by Crippen LogP contribution is 2.32. The predicted molar refractivity (Wildman–Crippen MR) is 79.4 cm³/mol. The molecule has 0 unspecified atom stereocenters. The molecule has 1 amide bonds. The number of rotatable bonds is 3. The van der Waals surface area contributed by atoms with Crippen LogP contribution < -0.4 is 5.32 Å². The van der Waals surface area contributed by atoms with Crippen LogP contribution in [0.5, 0.6) is 0 Å². The van der Waals surface area contributed by atoms with Crippen molar-refractivity contribution in [2.75, 3.05) is 18.5 Å². The molecular formula is C17H17NO2. The zero-order valence-corrected chi connectivity index (χ0v) is 11.4. The van der Waals surface area contributed by atoms with Crippen molar-refractivity contribution in [3.8, 4) is 11.1 Å². The van der Waals surface area contributed by atoms with Crippen molar-refractivity contribution in [1.82, 2.24) is 0 Å². The lowest BCUT2D eigenvalue weighted by Crippen LogP contribution is -2.49. The third-order valence-corrected chi connectivity index (χ3v) is 3.65. The van der Waals surface area contributed by atoms with Gasteiger partial charge in [-0.1, -0.05) is 48.5 Å². The van der Waals surface area contributed by atoms with Gasteiger partial charge >= 0.3 is 0 Å². The van der Waals surface area contributed by atoms with Gasteiger partial charge < -0.3 is 10.1 Å². The maximum Gasteiger partial charge on any atom is 0.235 e. The normalized spacial score (nSPS) is 16.2. The summed E-state index contributed by atoms with van der Waals surface area (Å²) in [5.41, 5.74) is 2.57. The van der Waals surface area contributed by atoms with E-state index in [1.54, 1.807) is 0 Å². The zero-order valence-electron chi connectivity index (χ0n) is 11.4. The van der Waals surface area contributed by atoms with Crippen LogP contribution >= 0.6 is 0 Å². The van der Waals surface area contributed by atoms with Crippen molar-refractivity contribution in [3.63, 3.8) is 0 Å². The molecule has 1 aliphatic heterocycles. The fourth-order valence-corrected chi connectivity index (χ4v) is 2.27. The highest BCUT2D eigenvalue weighted by atomic mass is 16.5. The van der Waals surface area contributed by atoms with Crippen molar-refractivity contribution in [2.45, 2.75) is 6.92 Å². The number of carbonyl (C=O) groups excluding carboxylic acids is 1. The van der Waals surface area contributed by atoms with E-state index in [-0.39, 0.29) is 5.91 Å². The van der Waals surface area contributed by atoms with Crippen molar-refractivity contribution >= 4 is 11.6 Å². The van der Waals surface area contributed by atoms with Crippen molar-refractivity contribution in [2.24, 2.45) is 5.41 Å². The van der Waals surface area contributed by atoms with Crippen LogP contribution in [-0.2, 0) is 9.53 Å². The highest BCUT2D eigenvalue weighted by molar-refractivity contribution is 5.99. The van der Waals surface area contributed by atoms with Gasteiger partial charge in [0.05, 0.1) is 18.6 Å². The largest absolute Gasteiger partial charge is 0.379 e. The molecule has 2 aromatic rings. The van der Waals surface area contributed by atoms with Gasteiger partial charge in [-0.05, 0) is 18.6 Å². The summed E-state index contributed by atoms with van der Waals surface area (Å²) < 4.78 is 5.15. The standard InChI is InChI=1S/C17H17NO2/c1-17(11-20-12-17)16(19)18-15-10-6-5-9-14(15)13-7-3-2-4-8-13/h2-10H,11-12H2,1H3,(H,18,19). The molecule has 1 aliphatic rings. The molecule has 102 valence electrons. The van der Waals surface area contributed by atoms with Crippen LogP contribution in [0.3, 0.4) is 0 Å². The minimum absolute atomic E-state index is 0.0205. The number of amides is 1. The third kappa shape index (κ3) is 2.32. The second kappa shape index (κ2) is 5.10. The number of benzene rings is 2. The summed E-state index contributed by atoms with van der Waals surface area (Å²) in [6, 6.07) is 17.9. The summed E-state index contributed by atoms with van der Waals surface area (Å²) in [6.45, 7) is 2.91. The van der Waals surface area contributed by atoms with Crippen LogP contribution in [0.1, 0.15) is 6.92 Å². The Bertz CT molecular complexity index is 618. The topological polar surface area (TPSA) is 38.3 Å². The molecule has 0 atom stereocenters. The first kappa shape index (κ1) is 12.9. The Hall–Kier alpha value is -2.13. The third-order valence-electron chi connectivity index (χ3n) is 3.65. The molecule has 1 fully saturated rings. The minimum Gasteiger partial charge on any atom is -0.379 e. The van der Waals surface area contributed by atoms with Gasteiger partial charge in [0.2, 0.25) is 5.91 Å². The number of ether oxygens (including phenoxy) is 1. The number of anilines is 1. The van der Waals surface area contributed by atoms with E-state index in [0.717, 1.165) is 16.8 Å². The van der Waals surface area contributed by atoms with Gasteiger partial charge in [-0.3, -0.25) is 4.79 Å². The van der Waals surface area contributed by atoms with Crippen LogP contribution in [0.2, 0.25) is 0 Å². The fourth-order valence-electron chi connectivity index (χ4n) is 2.27. The molecule has 3 heteroatoms. The molecular weight excluding hydrogens is 250 g/mol. The maximum absolute atomic E-state index is 12.3. The monoisotopic (exact) mass is 267 g/mol. The average Bonchev–Trinajstić information content (AvgIpc) is 2.46. The van der Waals surface area contributed by atoms with Gasteiger partial charge in [0.15, 0.2) is 0 Å². The average molecular weight is 267 g/mol. The first-order chi connectivity index (χ1) is 9.69. The summed E-state index contributed by atoms with van der Waals surface area (Å²) in [7, 11) is 0. The maximum atomic E-state index is 12.3. The van der Waals surface area contributed by atoms with Gasteiger partial charge in [-0.15, -0.1) is 0 Å². The Morgan fingerprint density at radius 3 is 2.35 bits per heavy atom. The first-order valence-corrected chi connectivity index (χ1v) is 6.73. The van der Waals surface area contributed by atoms with E-state index in [0.29, 0.717) is 13.2 Å². The summed E-state index contributed by atoms with van der Waals surface area (Å²) >= 11 is 0. The first-order valence-electron chi connectivity index (χ1n) is 6.73. The molecule has 1 N–H and O–H groups in total. The number of carbonyl (C=O) groups is 1. The molecule has 2 aromatic carbocycles. The SMILES string of the molecule is CC1(C(=O)Nc2ccccc2-c2ccccc2)COC1. The van der Waals surface area contributed by atoms with Gasteiger partial charge in [0.25, 0.3) is 0 Å². The summed E-state index contributed by atoms with van der Waals surface area (Å²) in [5, 5.41) is 3.03. The van der Waals surface area contributed by atoms with E-state index in [1.807, 2.05) is 61.5 Å². The van der Waals surface area contributed by atoms with Crippen LogP contribution in [0.25, 0.3) is 11.1 Å². The number of hydrogen-bond acceptors (Lipinski definition) is 2. The summed E-state index contributed by atoms with van der Waals surface area (Å²) in [5.74, 6) is 0.0205. The molecule has 0 radical (unpaired) electrons. The molecule has 1 saturated heterocycles. The molecule has 3 nitrogen and oxygen atoms in total. The van der Waals surface area contributed by atoms with Crippen LogP contribution in [-0.4, -0.2) is 19.1 Å². The highest BCUT2D eigenvalue weighted by Gasteiger charge is 2.41. The van der Waals surface area contributed by atoms with E-state index in [9.17, 15) is 4.79 Å². The van der Waals surface area contributed by atoms with Gasteiger partial charge in [0, 0.05) is 11.3 Å². The van der Waals surface area contributed by atoms with Gasteiger partial charge in [0.1, 0.15) is 0 Å². The molecule has 0 bridgehead atoms. The van der Waals surface area contributed by atoms with E-state index in [1.165, 1.54) is 0 Å². The van der Waals surface area contributed by atoms with E-state index in [2.05, 4.69) is 5.32 Å². The lowest BCUT2D eigenvalue weighted by molar-refractivity contribution is -0.151. The Morgan fingerprint density at radius 2 is 1.70 bits per heavy atom. The van der Waals surface area contributed by atoms with Crippen molar-refractivity contribution < 1.29 is 9.53 Å². The van der Waals surface area contributed by atoms with Crippen LogP contribution in [0, 0.1) is 5.41 Å². The Balaban J connectivity index is 1.89. The summed E-state index contributed by atoms with van der Waals surface area (Å²) in [4.78, 5) is 12.3. The van der Waals surface area contributed by atoms with E-state index in [4.69, 9.17) is 4.74 Å². The van der Waals surface area contributed by atoms with Crippen LogP contribution in [0.15, 0.2) is 54.6 Å². The number of para-hydroxylation sites is 1. The van der Waals surface area contributed by atoms with Crippen LogP contribution in [0.4, 0.5) is 5.69 Å². The van der Waals surface area contributed by atoms with Crippen molar-refractivity contribution in [1.29, 1.82) is 0 Å². The minimum atomic E-state index is -0.399. The molecule has 1 heterocycles. The molecule has 3 rings (SSSR count). The van der Waals surface area contributed by atoms with Crippen molar-refractivity contribution in [3.05, 3.63) is 54.6 Å². The number of hydrogen-bond donors (Lipinski definition) is 1. The summed E-state index contributed by atoms with van der Waals surface area (Å²) in [6.07, 6.45) is 0. The Labute approximate surface area is 118 Å².